The Balaban J connectivity index is 2.77. The summed E-state index contributed by atoms with van der Waals surface area (Å²) in [7, 11) is 0. The zero-order valence-corrected chi connectivity index (χ0v) is 43.9. The lowest BCUT2D eigenvalue weighted by molar-refractivity contribution is -0.301. The zero-order chi connectivity index (χ0) is 51.8. The smallest absolute Gasteiger partial charge is 0.335 e. The molecule has 1 aliphatic heterocycles. The second-order valence-electron chi connectivity index (χ2n) is 18.1. The van der Waals surface area contributed by atoms with Gasteiger partial charge in [-0.05, 0) is 89.9 Å². The standard InChI is InChI=1S/C59H94O12/c1-4-7-10-13-16-19-22-24-25-26-27-29-32-35-38-41-44-47-53(62)70-57-55(64)54(63)56(58(65)66)71-59(57)68-49-50(69-52(61)46-43-40-37-34-30-21-18-15-12-9-6-3)48-67-51(60)45-42-39-36-33-31-28-23-20-17-14-11-8-5-2/h7-8,10-11,16-17,19-20,24-25,27-29,31,35,38,50,54-57,59,63-64H,4-6,9,12-15,18,21-23,26,30,32-34,36-37,39-49H2,1-3H3,(H,65,66)/b10-7-,11-8-,19-16-,20-17-,25-24-,29-27-,31-28-,38-35-. The number of esters is 3. The third-order valence-corrected chi connectivity index (χ3v) is 11.7. The van der Waals surface area contributed by atoms with Crippen LogP contribution in [0.25, 0.3) is 0 Å². The number of hydrogen-bond donors (Lipinski definition) is 3. The lowest BCUT2D eigenvalue weighted by atomic mass is 9.98. The van der Waals surface area contributed by atoms with Crippen molar-refractivity contribution in [1.82, 2.24) is 0 Å². The first kappa shape index (κ1) is 64.7. The summed E-state index contributed by atoms with van der Waals surface area (Å²) >= 11 is 0. The molecular weight excluding hydrogens is 901 g/mol. The van der Waals surface area contributed by atoms with Crippen molar-refractivity contribution < 1.29 is 58.2 Å². The number of carbonyl (C=O) groups is 4. The number of carbonyl (C=O) groups excluding carboxylic acids is 3. The molecule has 3 N–H and O–H groups in total. The van der Waals surface area contributed by atoms with E-state index >= 15 is 0 Å². The Bertz CT molecular complexity index is 1610. The van der Waals surface area contributed by atoms with E-state index in [1.54, 1.807) is 0 Å². The van der Waals surface area contributed by atoms with Crippen LogP contribution in [0.1, 0.15) is 201 Å². The lowest BCUT2D eigenvalue weighted by Gasteiger charge is -2.40. The van der Waals surface area contributed by atoms with Gasteiger partial charge in [-0.3, -0.25) is 14.4 Å². The largest absolute Gasteiger partial charge is 0.479 e. The number of rotatable bonds is 44. The van der Waals surface area contributed by atoms with Crippen LogP contribution in [0.4, 0.5) is 0 Å². The molecule has 71 heavy (non-hydrogen) atoms. The van der Waals surface area contributed by atoms with Crippen molar-refractivity contribution in [1.29, 1.82) is 0 Å². The SMILES string of the molecule is CC/C=C\C/C=C\C/C=C\C/C=C\C/C=C\CCCC(=O)OC1C(OCC(COC(=O)CCCCC/C=C\C/C=C\C/C=C\CC)OC(=O)CCCCCCCCCCCCC)OC(C(=O)O)C(O)C1O. The zero-order valence-electron chi connectivity index (χ0n) is 43.9. The minimum atomic E-state index is -1.93. The average molecular weight is 995 g/mol. The van der Waals surface area contributed by atoms with Gasteiger partial charge in [0.1, 0.15) is 18.8 Å². The summed E-state index contributed by atoms with van der Waals surface area (Å²) in [6.07, 6.45) is 48.3. The Morgan fingerprint density at radius 3 is 1.39 bits per heavy atom. The molecule has 0 aliphatic carbocycles. The normalized spacial score (nSPS) is 19.3. The number of hydrogen-bond acceptors (Lipinski definition) is 11. The molecule has 0 spiro atoms. The number of allylic oxidation sites excluding steroid dienone is 16. The molecule has 0 bridgehead atoms. The highest BCUT2D eigenvalue weighted by Crippen LogP contribution is 2.26. The van der Waals surface area contributed by atoms with Crippen LogP contribution < -0.4 is 0 Å². The highest BCUT2D eigenvalue weighted by Gasteiger charge is 2.50. The first-order valence-electron chi connectivity index (χ1n) is 27.2. The molecule has 1 aliphatic rings. The Hall–Kier alpha value is -4.36. The predicted octanol–water partition coefficient (Wildman–Crippen LogP) is 13.3. The first-order valence-corrected chi connectivity index (χ1v) is 27.2. The minimum absolute atomic E-state index is 0.0241. The summed E-state index contributed by atoms with van der Waals surface area (Å²) in [5.74, 6) is -3.25. The predicted molar refractivity (Wildman–Crippen MR) is 284 cm³/mol. The molecule has 1 rings (SSSR count). The molecule has 12 nitrogen and oxygen atoms in total. The van der Waals surface area contributed by atoms with E-state index in [-0.39, 0.29) is 25.9 Å². The summed E-state index contributed by atoms with van der Waals surface area (Å²) in [4.78, 5) is 50.9. The summed E-state index contributed by atoms with van der Waals surface area (Å²) in [5, 5.41) is 31.4. The molecule has 402 valence electrons. The van der Waals surface area contributed by atoms with Gasteiger partial charge in [0.05, 0.1) is 6.61 Å². The van der Waals surface area contributed by atoms with Crippen LogP contribution in [0, 0.1) is 0 Å². The number of unbranched alkanes of at least 4 members (excludes halogenated alkanes) is 14. The molecule has 0 aromatic carbocycles. The van der Waals surface area contributed by atoms with Gasteiger partial charge in [-0.25, -0.2) is 4.79 Å². The van der Waals surface area contributed by atoms with Gasteiger partial charge in [0, 0.05) is 19.3 Å². The quantitative estimate of drug-likeness (QED) is 0.0228. The summed E-state index contributed by atoms with van der Waals surface area (Å²) < 4.78 is 28.2. The van der Waals surface area contributed by atoms with Crippen LogP contribution >= 0.6 is 0 Å². The van der Waals surface area contributed by atoms with Gasteiger partial charge in [-0.2, -0.15) is 0 Å². The van der Waals surface area contributed by atoms with Crippen LogP contribution in [-0.4, -0.2) is 89.2 Å². The number of carboxylic acid groups (broad SMARTS) is 1. The van der Waals surface area contributed by atoms with Crippen LogP contribution in [-0.2, 0) is 42.9 Å². The molecule has 0 aromatic rings. The van der Waals surface area contributed by atoms with Crippen molar-refractivity contribution in [3.8, 4) is 0 Å². The maximum absolute atomic E-state index is 13.1. The average Bonchev–Trinajstić information content (AvgIpc) is 3.35. The molecule has 12 heteroatoms. The Labute approximate surface area is 428 Å². The molecule has 6 atom stereocenters. The van der Waals surface area contributed by atoms with Gasteiger partial charge in [-0.15, -0.1) is 0 Å². The van der Waals surface area contributed by atoms with Gasteiger partial charge in [0.2, 0.25) is 0 Å². The van der Waals surface area contributed by atoms with Crippen molar-refractivity contribution in [3.63, 3.8) is 0 Å². The maximum Gasteiger partial charge on any atom is 0.335 e. The number of carboxylic acids is 1. The summed E-state index contributed by atoms with van der Waals surface area (Å²) in [5.41, 5.74) is 0. The molecule has 1 heterocycles. The van der Waals surface area contributed by atoms with Crippen molar-refractivity contribution in [2.24, 2.45) is 0 Å². The molecule has 1 fully saturated rings. The van der Waals surface area contributed by atoms with E-state index in [0.29, 0.717) is 25.7 Å². The van der Waals surface area contributed by atoms with Crippen molar-refractivity contribution in [3.05, 3.63) is 97.2 Å². The fourth-order valence-corrected chi connectivity index (χ4v) is 7.53. The van der Waals surface area contributed by atoms with Gasteiger partial charge in [0.15, 0.2) is 24.6 Å². The third kappa shape index (κ3) is 37.1. The van der Waals surface area contributed by atoms with Crippen molar-refractivity contribution >= 4 is 23.9 Å². The fourth-order valence-electron chi connectivity index (χ4n) is 7.53. The number of ether oxygens (including phenoxy) is 5. The molecule has 0 radical (unpaired) electrons. The molecule has 1 saturated heterocycles. The van der Waals surface area contributed by atoms with E-state index in [9.17, 15) is 34.5 Å². The molecular formula is C59H94O12. The third-order valence-electron chi connectivity index (χ3n) is 11.7. The summed E-state index contributed by atoms with van der Waals surface area (Å²) in [6.45, 7) is 5.68. The monoisotopic (exact) mass is 995 g/mol. The second kappa shape index (κ2) is 46.7. The van der Waals surface area contributed by atoms with Crippen LogP contribution in [0.15, 0.2) is 97.2 Å². The van der Waals surface area contributed by atoms with Crippen LogP contribution in [0.5, 0.6) is 0 Å². The van der Waals surface area contributed by atoms with Crippen LogP contribution in [0.2, 0.25) is 0 Å². The topological polar surface area (TPSA) is 175 Å². The number of aliphatic hydroxyl groups excluding tert-OH is 2. The van der Waals surface area contributed by atoms with Gasteiger partial charge >= 0.3 is 23.9 Å². The minimum Gasteiger partial charge on any atom is -0.479 e. The van der Waals surface area contributed by atoms with E-state index in [4.69, 9.17) is 23.7 Å². The molecule has 6 unspecified atom stereocenters. The van der Waals surface area contributed by atoms with Crippen molar-refractivity contribution in [2.75, 3.05) is 13.2 Å². The maximum atomic E-state index is 13.1. The molecule has 0 aromatic heterocycles. The highest BCUT2D eigenvalue weighted by molar-refractivity contribution is 5.74. The van der Waals surface area contributed by atoms with Gasteiger partial charge in [0.25, 0.3) is 0 Å². The van der Waals surface area contributed by atoms with Gasteiger partial charge < -0.3 is 39.0 Å². The fraction of sp³-hybridized carbons (Fsp3) is 0.661. The lowest BCUT2D eigenvalue weighted by Crippen LogP contribution is -2.61. The van der Waals surface area contributed by atoms with Crippen LogP contribution in [0.3, 0.4) is 0 Å². The van der Waals surface area contributed by atoms with E-state index in [1.165, 1.54) is 44.9 Å². The van der Waals surface area contributed by atoms with E-state index in [2.05, 4.69) is 106 Å². The number of aliphatic hydroxyl groups is 2. The van der Waals surface area contributed by atoms with E-state index in [0.717, 1.165) is 89.9 Å². The second-order valence-corrected chi connectivity index (χ2v) is 18.1. The Morgan fingerprint density at radius 1 is 0.479 bits per heavy atom. The Kier molecular flexibility index (Phi) is 42.5. The van der Waals surface area contributed by atoms with E-state index in [1.807, 2.05) is 12.2 Å². The van der Waals surface area contributed by atoms with Crippen molar-refractivity contribution in [2.45, 2.75) is 237 Å². The molecule has 0 amide bonds. The summed E-state index contributed by atoms with van der Waals surface area (Å²) in [6, 6.07) is 0. The van der Waals surface area contributed by atoms with Gasteiger partial charge in [-0.1, -0.05) is 189 Å². The number of aliphatic carboxylic acids is 1. The molecule has 0 saturated carbocycles. The van der Waals surface area contributed by atoms with E-state index < -0.39 is 67.3 Å². The first-order chi connectivity index (χ1) is 34.6. The Morgan fingerprint density at radius 2 is 0.901 bits per heavy atom. The highest BCUT2D eigenvalue weighted by atomic mass is 16.7.